The minimum absolute atomic E-state index is 0.322. The van der Waals surface area contributed by atoms with E-state index in [0.717, 1.165) is 6.54 Å². The number of hydrogen-bond donors (Lipinski definition) is 0. The second kappa shape index (κ2) is 4.87. The zero-order valence-electron chi connectivity index (χ0n) is 11.6. The maximum Gasteiger partial charge on any atom is 0.0327 e. The minimum atomic E-state index is 0.322. The highest BCUT2D eigenvalue weighted by Gasteiger charge is 2.37. The Morgan fingerprint density at radius 3 is 2.70 bits per heavy atom. The molecule has 0 radical (unpaired) electrons. The lowest BCUT2D eigenvalue weighted by atomic mass is 9.74. The van der Waals surface area contributed by atoms with Gasteiger partial charge in [0.25, 0.3) is 0 Å². The normalized spacial score (nSPS) is 20.4. The van der Waals surface area contributed by atoms with Gasteiger partial charge >= 0.3 is 0 Å². The molecule has 20 heavy (non-hydrogen) atoms. The Morgan fingerprint density at radius 1 is 1.05 bits per heavy atom. The monoisotopic (exact) mass is 281 g/mol. The van der Waals surface area contributed by atoms with E-state index in [1.807, 2.05) is 11.3 Å². The van der Waals surface area contributed by atoms with Crippen LogP contribution in [0.2, 0.25) is 0 Å². The second-order valence-corrected chi connectivity index (χ2v) is 6.96. The highest BCUT2D eigenvalue weighted by molar-refractivity contribution is 7.09. The Labute approximate surface area is 124 Å². The number of benzene rings is 1. The van der Waals surface area contributed by atoms with Crippen LogP contribution < -0.4 is 0 Å². The number of piperidine rings is 1. The molecule has 0 bridgehead atoms. The van der Waals surface area contributed by atoms with Crippen LogP contribution in [0.1, 0.15) is 28.8 Å². The maximum absolute atomic E-state index is 2.60. The summed E-state index contributed by atoms with van der Waals surface area (Å²) >= 11 is 1.87. The average Bonchev–Trinajstić information content (AvgIpc) is 3.11. The Balaban J connectivity index is 1.49. The number of nitrogens with zero attached hydrogens (tertiary/aromatic N) is 1. The van der Waals surface area contributed by atoms with Crippen LogP contribution in [0.25, 0.3) is 6.08 Å². The van der Waals surface area contributed by atoms with E-state index in [4.69, 9.17) is 0 Å². The molecule has 102 valence electrons. The molecule has 1 aliphatic carbocycles. The van der Waals surface area contributed by atoms with Crippen LogP contribution in [-0.4, -0.2) is 18.0 Å². The van der Waals surface area contributed by atoms with Crippen LogP contribution in [0.3, 0.4) is 0 Å². The molecule has 1 aromatic heterocycles. The van der Waals surface area contributed by atoms with Gasteiger partial charge in [-0.25, -0.2) is 0 Å². The van der Waals surface area contributed by atoms with E-state index in [2.05, 4.69) is 58.8 Å². The van der Waals surface area contributed by atoms with E-state index in [0.29, 0.717) is 5.41 Å². The molecule has 1 nitrogen and oxygen atoms in total. The van der Waals surface area contributed by atoms with E-state index in [-0.39, 0.29) is 0 Å². The van der Waals surface area contributed by atoms with Gasteiger partial charge in [-0.05, 0) is 48.5 Å². The molecule has 2 aliphatic rings. The predicted molar refractivity (Wildman–Crippen MR) is 86.0 cm³/mol. The van der Waals surface area contributed by atoms with Crippen molar-refractivity contribution < 1.29 is 0 Å². The van der Waals surface area contributed by atoms with Gasteiger partial charge in [0.05, 0.1) is 0 Å². The zero-order valence-corrected chi connectivity index (χ0v) is 12.4. The lowest BCUT2D eigenvalue weighted by Crippen LogP contribution is -2.40. The van der Waals surface area contributed by atoms with Crippen LogP contribution in [0.15, 0.2) is 47.9 Å². The third-order valence-corrected chi connectivity index (χ3v) is 5.65. The topological polar surface area (TPSA) is 3.24 Å². The lowest BCUT2D eigenvalue weighted by Gasteiger charge is -2.39. The number of hydrogen-bond acceptors (Lipinski definition) is 2. The summed E-state index contributed by atoms with van der Waals surface area (Å²) in [5, 5.41) is 2.18. The number of rotatable bonds is 2. The molecule has 0 amide bonds. The zero-order chi connectivity index (χ0) is 13.4. The van der Waals surface area contributed by atoms with Crippen molar-refractivity contribution in [3.63, 3.8) is 0 Å². The molecular formula is C18H19NS. The first-order valence-corrected chi connectivity index (χ1v) is 8.27. The molecule has 2 heterocycles. The van der Waals surface area contributed by atoms with E-state index >= 15 is 0 Å². The molecular weight excluding hydrogens is 262 g/mol. The molecule has 0 atom stereocenters. The van der Waals surface area contributed by atoms with Crippen molar-refractivity contribution in [1.29, 1.82) is 0 Å². The predicted octanol–water partition coefficient (Wildman–Crippen LogP) is 4.31. The van der Waals surface area contributed by atoms with Gasteiger partial charge in [-0.15, -0.1) is 11.3 Å². The van der Waals surface area contributed by atoms with Crippen LogP contribution in [0.4, 0.5) is 0 Å². The van der Waals surface area contributed by atoms with Crippen molar-refractivity contribution in [2.75, 3.05) is 13.1 Å². The number of likely N-dealkylation sites (tertiary alicyclic amines) is 1. The molecule has 1 spiro atoms. The van der Waals surface area contributed by atoms with E-state index < -0.39 is 0 Å². The average molecular weight is 281 g/mol. The maximum atomic E-state index is 2.60. The Hall–Kier alpha value is -1.38. The number of thiophene rings is 1. The second-order valence-electron chi connectivity index (χ2n) is 5.93. The van der Waals surface area contributed by atoms with Crippen LogP contribution in [0.5, 0.6) is 0 Å². The van der Waals surface area contributed by atoms with Gasteiger partial charge in [-0.2, -0.15) is 0 Å². The molecule has 1 aliphatic heterocycles. The van der Waals surface area contributed by atoms with Crippen LogP contribution in [-0.2, 0) is 12.0 Å². The third-order valence-electron chi connectivity index (χ3n) is 4.79. The molecule has 1 fully saturated rings. The summed E-state index contributed by atoms with van der Waals surface area (Å²) in [4.78, 5) is 4.09. The van der Waals surface area contributed by atoms with E-state index in [1.165, 1.54) is 36.4 Å². The number of fused-ring (bicyclic) bond motifs is 2. The van der Waals surface area contributed by atoms with Crippen LogP contribution >= 0.6 is 11.3 Å². The minimum Gasteiger partial charge on any atom is -0.298 e. The molecule has 0 N–H and O–H groups in total. The van der Waals surface area contributed by atoms with Crippen molar-refractivity contribution in [3.8, 4) is 0 Å². The first-order valence-electron chi connectivity index (χ1n) is 7.39. The summed E-state index contributed by atoms with van der Waals surface area (Å²) in [6, 6.07) is 13.3. The molecule has 0 saturated carbocycles. The molecule has 4 rings (SSSR count). The summed E-state index contributed by atoms with van der Waals surface area (Å²) in [5.41, 5.74) is 3.30. The fourth-order valence-corrected chi connectivity index (χ4v) is 4.35. The Kier molecular flexibility index (Phi) is 3.01. The quantitative estimate of drug-likeness (QED) is 0.793. The van der Waals surface area contributed by atoms with Crippen molar-refractivity contribution in [2.24, 2.45) is 0 Å². The van der Waals surface area contributed by atoms with E-state index in [9.17, 15) is 0 Å². The van der Waals surface area contributed by atoms with Gasteiger partial charge in [-0.1, -0.05) is 42.5 Å². The molecule has 2 heteroatoms. The molecule has 2 aromatic rings. The molecule has 1 saturated heterocycles. The highest BCUT2D eigenvalue weighted by atomic mass is 32.1. The SMILES string of the molecule is C1=CC2(CCN(Cc3cccs3)CC2)c2ccccc21. The van der Waals surface area contributed by atoms with Crippen molar-refractivity contribution in [3.05, 3.63) is 63.9 Å². The molecule has 1 aromatic carbocycles. The third kappa shape index (κ3) is 2.04. The van der Waals surface area contributed by atoms with Gasteiger partial charge in [-0.3, -0.25) is 4.90 Å². The Morgan fingerprint density at radius 2 is 1.90 bits per heavy atom. The van der Waals surface area contributed by atoms with Gasteiger partial charge in [0.15, 0.2) is 0 Å². The highest BCUT2D eigenvalue weighted by Crippen LogP contribution is 2.43. The molecule has 0 unspecified atom stereocenters. The smallest absolute Gasteiger partial charge is 0.0327 e. The summed E-state index contributed by atoms with van der Waals surface area (Å²) in [6.45, 7) is 3.53. The lowest BCUT2D eigenvalue weighted by molar-refractivity contribution is 0.178. The Bertz CT molecular complexity index is 619. The largest absolute Gasteiger partial charge is 0.298 e. The standard InChI is InChI=1S/C18H19NS/c1-2-6-17-15(4-1)7-8-18(17)9-11-19(12-10-18)14-16-5-3-13-20-16/h1-8,13H,9-12,14H2. The van der Waals surface area contributed by atoms with Gasteiger partial charge in [0.1, 0.15) is 0 Å². The fraction of sp³-hybridized carbons (Fsp3) is 0.333. The number of allylic oxidation sites excluding steroid dienone is 1. The fourth-order valence-electron chi connectivity index (χ4n) is 3.60. The first kappa shape index (κ1) is 12.4. The van der Waals surface area contributed by atoms with Crippen molar-refractivity contribution >= 4 is 17.4 Å². The summed E-state index contributed by atoms with van der Waals surface area (Å²) < 4.78 is 0. The van der Waals surface area contributed by atoms with Crippen LogP contribution in [0, 0.1) is 0 Å². The van der Waals surface area contributed by atoms with E-state index in [1.54, 1.807) is 5.56 Å². The van der Waals surface area contributed by atoms with Gasteiger partial charge in [0, 0.05) is 16.8 Å². The van der Waals surface area contributed by atoms with Gasteiger partial charge < -0.3 is 0 Å². The summed E-state index contributed by atoms with van der Waals surface area (Å²) in [5.74, 6) is 0. The van der Waals surface area contributed by atoms with Crippen molar-refractivity contribution in [1.82, 2.24) is 4.90 Å². The summed E-state index contributed by atoms with van der Waals surface area (Å²) in [7, 11) is 0. The van der Waals surface area contributed by atoms with Crippen molar-refractivity contribution in [2.45, 2.75) is 24.8 Å². The summed E-state index contributed by atoms with van der Waals surface area (Å²) in [6.07, 6.45) is 7.29. The van der Waals surface area contributed by atoms with Gasteiger partial charge in [0.2, 0.25) is 0 Å². The first-order chi connectivity index (χ1) is 9.86.